The number of carboxylic acid groups (broad SMARTS) is 1. The van der Waals surface area contributed by atoms with E-state index in [1.165, 1.54) is 0 Å². The third-order valence-corrected chi connectivity index (χ3v) is 4.07. The summed E-state index contributed by atoms with van der Waals surface area (Å²) in [4.78, 5) is 11.2. The Hall–Kier alpha value is -1.87. The minimum atomic E-state index is -1.45. The SMILES string of the molecule is CC(C)Nc1cc(COC(C)(C)C)ccc1O[C@@H]1O[C@H](C(=O)O)[C@@H](O)C[C@H]1O. The molecule has 1 fully saturated rings. The number of ether oxygens (including phenoxy) is 3. The molecule has 1 heterocycles. The fraction of sp³-hybridized carbons (Fsp3) is 0.650. The molecule has 0 bridgehead atoms. The number of benzene rings is 1. The van der Waals surface area contributed by atoms with Gasteiger partial charge in [0, 0.05) is 12.5 Å². The molecule has 0 aliphatic carbocycles. The number of carbonyl (C=O) groups is 1. The van der Waals surface area contributed by atoms with Crippen molar-refractivity contribution in [3.8, 4) is 5.75 Å². The molecule has 1 aliphatic rings. The van der Waals surface area contributed by atoms with Crippen molar-refractivity contribution in [1.82, 2.24) is 0 Å². The summed E-state index contributed by atoms with van der Waals surface area (Å²) in [6.45, 7) is 10.3. The minimum absolute atomic E-state index is 0.118. The van der Waals surface area contributed by atoms with E-state index in [9.17, 15) is 15.0 Å². The van der Waals surface area contributed by atoms with E-state index in [1.54, 1.807) is 6.07 Å². The zero-order valence-electron chi connectivity index (χ0n) is 17.0. The van der Waals surface area contributed by atoms with Crippen LogP contribution < -0.4 is 10.1 Å². The van der Waals surface area contributed by atoms with Crippen LogP contribution in [0.5, 0.6) is 5.75 Å². The van der Waals surface area contributed by atoms with Crippen LogP contribution >= 0.6 is 0 Å². The maximum Gasteiger partial charge on any atom is 0.335 e. The predicted molar refractivity (Wildman–Crippen MR) is 103 cm³/mol. The highest BCUT2D eigenvalue weighted by atomic mass is 16.7. The number of aliphatic hydroxyl groups is 2. The molecule has 4 N–H and O–H groups in total. The smallest absolute Gasteiger partial charge is 0.335 e. The number of nitrogens with one attached hydrogen (secondary N) is 1. The van der Waals surface area contributed by atoms with Crippen LogP contribution in [-0.2, 0) is 20.9 Å². The van der Waals surface area contributed by atoms with E-state index in [1.807, 2.05) is 46.8 Å². The van der Waals surface area contributed by atoms with Gasteiger partial charge in [-0.2, -0.15) is 0 Å². The molecule has 28 heavy (non-hydrogen) atoms. The number of carboxylic acids is 1. The van der Waals surface area contributed by atoms with Gasteiger partial charge in [-0.05, 0) is 52.3 Å². The number of hydrogen-bond donors (Lipinski definition) is 4. The van der Waals surface area contributed by atoms with E-state index in [0.717, 1.165) is 5.56 Å². The quantitative estimate of drug-likeness (QED) is 0.553. The van der Waals surface area contributed by atoms with Gasteiger partial charge in [-0.15, -0.1) is 0 Å². The number of aliphatic carboxylic acids is 1. The molecule has 0 radical (unpaired) electrons. The van der Waals surface area contributed by atoms with Crippen molar-refractivity contribution < 1.29 is 34.3 Å². The second-order valence-electron chi connectivity index (χ2n) is 8.28. The summed E-state index contributed by atoms with van der Waals surface area (Å²) in [6.07, 6.45) is -5.24. The van der Waals surface area contributed by atoms with Crippen molar-refractivity contribution in [2.45, 2.75) is 83.9 Å². The Morgan fingerprint density at radius 3 is 2.54 bits per heavy atom. The first-order valence-corrected chi connectivity index (χ1v) is 9.40. The lowest BCUT2D eigenvalue weighted by molar-refractivity contribution is -0.237. The zero-order chi connectivity index (χ0) is 21.1. The maximum atomic E-state index is 11.2. The Kier molecular flexibility index (Phi) is 7.28. The molecule has 4 atom stereocenters. The van der Waals surface area contributed by atoms with Crippen molar-refractivity contribution in [3.63, 3.8) is 0 Å². The van der Waals surface area contributed by atoms with Gasteiger partial charge in [0.05, 0.1) is 24.0 Å². The summed E-state index contributed by atoms with van der Waals surface area (Å²) in [5.41, 5.74) is 1.35. The van der Waals surface area contributed by atoms with Crippen molar-refractivity contribution in [2.24, 2.45) is 0 Å². The lowest BCUT2D eigenvalue weighted by atomic mass is 10.0. The Balaban J connectivity index is 2.19. The van der Waals surface area contributed by atoms with Crippen LogP contribution in [0.4, 0.5) is 5.69 Å². The number of rotatable bonds is 7. The maximum absolute atomic E-state index is 11.2. The third-order valence-electron chi connectivity index (χ3n) is 4.07. The molecule has 1 saturated heterocycles. The first kappa shape index (κ1) is 22.4. The summed E-state index contributed by atoms with van der Waals surface area (Å²) in [7, 11) is 0. The highest BCUT2D eigenvalue weighted by molar-refractivity contribution is 5.73. The number of hydrogen-bond acceptors (Lipinski definition) is 7. The van der Waals surface area contributed by atoms with Crippen LogP contribution in [0.15, 0.2) is 18.2 Å². The Morgan fingerprint density at radius 2 is 1.96 bits per heavy atom. The molecule has 1 aromatic carbocycles. The largest absolute Gasteiger partial charge is 0.479 e. The van der Waals surface area contributed by atoms with Gasteiger partial charge in [0.15, 0.2) is 6.10 Å². The van der Waals surface area contributed by atoms with E-state index < -0.39 is 30.6 Å². The highest BCUT2D eigenvalue weighted by Gasteiger charge is 2.41. The summed E-state index contributed by atoms with van der Waals surface area (Å²) >= 11 is 0. The van der Waals surface area contributed by atoms with Crippen LogP contribution in [0.2, 0.25) is 0 Å². The fourth-order valence-electron chi connectivity index (χ4n) is 2.76. The molecule has 0 aromatic heterocycles. The molecule has 158 valence electrons. The molecule has 1 aromatic rings. The molecule has 8 nitrogen and oxygen atoms in total. The van der Waals surface area contributed by atoms with Crippen molar-refractivity contribution in [3.05, 3.63) is 23.8 Å². The van der Waals surface area contributed by atoms with Gasteiger partial charge in [0.25, 0.3) is 0 Å². The zero-order valence-corrected chi connectivity index (χ0v) is 17.0. The Labute approximate surface area is 165 Å². The molecule has 0 unspecified atom stereocenters. The first-order valence-electron chi connectivity index (χ1n) is 9.40. The average molecular weight is 397 g/mol. The van der Waals surface area contributed by atoms with Crippen LogP contribution in [-0.4, -0.2) is 57.5 Å². The van der Waals surface area contributed by atoms with E-state index in [4.69, 9.17) is 19.3 Å². The molecule has 0 spiro atoms. The normalized spacial score (nSPS) is 25.6. The highest BCUT2D eigenvalue weighted by Crippen LogP contribution is 2.31. The van der Waals surface area contributed by atoms with Crippen LogP contribution in [0.3, 0.4) is 0 Å². The lowest BCUT2D eigenvalue weighted by Crippen LogP contribution is -2.52. The molecule has 1 aliphatic heterocycles. The van der Waals surface area contributed by atoms with Crippen LogP contribution in [0, 0.1) is 0 Å². The van der Waals surface area contributed by atoms with Gasteiger partial charge in [-0.1, -0.05) is 6.07 Å². The van der Waals surface area contributed by atoms with E-state index >= 15 is 0 Å². The fourth-order valence-corrected chi connectivity index (χ4v) is 2.76. The van der Waals surface area contributed by atoms with Gasteiger partial charge in [-0.25, -0.2) is 4.79 Å². The predicted octanol–water partition coefficient (Wildman–Crippen LogP) is 2.12. The van der Waals surface area contributed by atoms with Crippen molar-refractivity contribution in [1.29, 1.82) is 0 Å². The van der Waals surface area contributed by atoms with Gasteiger partial charge in [-0.3, -0.25) is 0 Å². The topological polar surface area (TPSA) is 117 Å². The molecular formula is C20H31NO7. The summed E-state index contributed by atoms with van der Waals surface area (Å²) in [5, 5.41) is 32.4. The molecule has 8 heteroatoms. The van der Waals surface area contributed by atoms with E-state index in [0.29, 0.717) is 18.0 Å². The lowest BCUT2D eigenvalue weighted by Gasteiger charge is -2.35. The van der Waals surface area contributed by atoms with Crippen molar-refractivity contribution >= 4 is 11.7 Å². The Morgan fingerprint density at radius 1 is 1.29 bits per heavy atom. The molecular weight excluding hydrogens is 366 g/mol. The van der Waals surface area contributed by atoms with Crippen LogP contribution in [0.25, 0.3) is 0 Å². The minimum Gasteiger partial charge on any atom is -0.479 e. The molecule has 2 rings (SSSR count). The third kappa shape index (κ3) is 6.34. The summed E-state index contributed by atoms with van der Waals surface area (Å²) in [5.74, 6) is -0.888. The number of anilines is 1. The second kappa shape index (κ2) is 9.09. The first-order chi connectivity index (χ1) is 13.0. The van der Waals surface area contributed by atoms with Gasteiger partial charge in [0.2, 0.25) is 6.29 Å². The van der Waals surface area contributed by atoms with Gasteiger partial charge < -0.3 is 34.8 Å². The van der Waals surface area contributed by atoms with E-state index in [2.05, 4.69) is 5.32 Å². The van der Waals surface area contributed by atoms with Crippen molar-refractivity contribution in [2.75, 3.05) is 5.32 Å². The molecule has 0 saturated carbocycles. The monoisotopic (exact) mass is 397 g/mol. The Bertz CT molecular complexity index is 671. The standard InChI is InChI=1S/C20H31NO7/c1-11(2)21-13-8-12(10-26-20(3,4)5)6-7-16(13)27-19-15(23)9-14(22)17(28-19)18(24)25/h6-8,11,14-15,17,19,21-23H,9-10H2,1-5H3,(H,24,25)/t14-,15+,17-,19+/m0/s1. The van der Waals surface area contributed by atoms with Crippen LogP contribution in [0.1, 0.15) is 46.6 Å². The average Bonchev–Trinajstić information content (AvgIpc) is 2.55. The van der Waals surface area contributed by atoms with Gasteiger partial charge in [0.1, 0.15) is 11.9 Å². The molecule has 0 amide bonds. The number of aliphatic hydroxyl groups excluding tert-OH is 2. The van der Waals surface area contributed by atoms with Gasteiger partial charge >= 0.3 is 5.97 Å². The summed E-state index contributed by atoms with van der Waals surface area (Å²) in [6, 6.07) is 5.57. The summed E-state index contributed by atoms with van der Waals surface area (Å²) < 4.78 is 16.9. The second-order valence-corrected chi connectivity index (χ2v) is 8.28. The van der Waals surface area contributed by atoms with E-state index in [-0.39, 0.29) is 18.1 Å².